The van der Waals surface area contributed by atoms with Gasteiger partial charge in [0.05, 0.1) is 36.9 Å². The van der Waals surface area contributed by atoms with Crippen LogP contribution in [0.3, 0.4) is 0 Å². The molecule has 0 saturated heterocycles. The first kappa shape index (κ1) is 23.8. The van der Waals surface area contributed by atoms with Crippen molar-refractivity contribution in [1.82, 2.24) is 0 Å². The first-order valence-corrected chi connectivity index (χ1v) is 12.2. The molecule has 1 unspecified atom stereocenters. The molecular weight excluding hydrogens is 458 g/mol. The molecule has 0 spiro atoms. The molecule has 0 N–H and O–H groups in total. The van der Waals surface area contributed by atoms with E-state index in [1.165, 1.54) is 21.3 Å². The highest BCUT2D eigenvalue weighted by molar-refractivity contribution is 7.91. The second-order valence-electron chi connectivity index (χ2n) is 7.28. The van der Waals surface area contributed by atoms with Crippen LogP contribution >= 0.6 is 31.1 Å². The normalized spacial score (nSPS) is 15.3. The van der Waals surface area contributed by atoms with Crippen LogP contribution in [0.2, 0.25) is 10.0 Å². The number of methoxy groups -OCH3 is 3. The van der Waals surface area contributed by atoms with Gasteiger partial charge in [-0.1, -0.05) is 48.5 Å². The lowest BCUT2D eigenvalue weighted by molar-refractivity contribution is 0.104. The fourth-order valence-electron chi connectivity index (χ4n) is 3.92. The SMILES string of the molecule is COc1cc(OC)c(C(=O)P(C(=O)c2c(Cl)cccc2Cl)C2CCCCC2)c(OC)c1. The van der Waals surface area contributed by atoms with Gasteiger partial charge in [-0.3, -0.25) is 9.59 Å². The molecule has 0 heterocycles. The fraction of sp³-hybridized carbons (Fsp3) is 0.391. The Labute approximate surface area is 193 Å². The zero-order chi connectivity index (χ0) is 22.5. The van der Waals surface area contributed by atoms with Crippen molar-refractivity contribution in [3.05, 3.63) is 51.5 Å². The highest BCUT2D eigenvalue weighted by atomic mass is 35.5. The Bertz CT molecular complexity index is 927. The molecule has 2 aromatic rings. The summed E-state index contributed by atoms with van der Waals surface area (Å²) in [6, 6.07) is 8.16. The molecule has 2 aromatic carbocycles. The third-order valence-corrected chi connectivity index (χ3v) is 8.68. The minimum atomic E-state index is -1.79. The molecular formula is C23H25Cl2O5P. The summed E-state index contributed by atoms with van der Waals surface area (Å²) in [5.74, 6) is 1.11. The van der Waals surface area contributed by atoms with E-state index in [-0.39, 0.29) is 37.9 Å². The quantitative estimate of drug-likeness (QED) is 0.386. The lowest BCUT2D eigenvalue weighted by atomic mass is 10.0. The number of hydrogen-bond donors (Lipinski definition) is 0. The van der Waals surface area contributed by atoms with Crippen LogP contribution in [0, 0.1) is 0 Å². The molecule has 31 heavy (non-hydrogen) atoms. The van der Waals surface area contributed by atoms with E-state index >= 15 is 0 Å². The maximum absolute atomic E-state index is 14.0. The zero-order valence-electron chi connectivity index (χ0n) is 17.7. The summed E-state index contributed by atoms with van der Waals surface area (Å²) >= 11 is 12.7. The van der Waals surface area contributed by atoms with Crippen molar-refractivity contribution in [1.29, 1.82) is 0 Å². The van der Waals surface area contributed by atoms with Gasteiger partial charge in [0.1, 0.15) is 22.8 Å². The summed E-state index contributed by atoms with van der Waals surface area (Å²) in [5.41, 5.74) is -0.185. The van der Waals surface area contributed by atoms with Crippen molar-refractivity contribution in [3.63, 3.8) is 0 Å². The maximum atomic E-state index is 14.0. The third-order valence-electron chi connectivity index (χ3n) is 5.48. The van der Waals surface area contributed by atoms with Crippen LogP contribution in [0.4, 0.5) is 0 Å². The summed E-state index contributed by atoms with van der Waals surface area (Å²) in [7, 11) is 2.68. The van der Waals surface area contributed by atoms with E-state index in [2.05, 4.69) is 0 Å². The van der Waals surface area contributed by atoms with Gasteiger partial charge in [0.2, 0.25) is 0 Å². The Balaban J connectivity index is 2.15. The molecule has 0 aliphatic heterocycles. The molecule has 0 bridgehead atoms. The van der Waals surface area contributed by atoms with Gasteiger partial charge in [-0.15, -0.1) is 0 Å². The number of ether oxygens (including phenoxy) is 3. The van der Waals surface area contributed by atoms with E-state index in [9.17, 15) is 9.59 Å². The van der Waals surface area contributed by atoms with Crippen molar-refractivity contribution in [2.45, 2.75) is 37.8 Å². The van der Waals surface area contributed by atoms with Gasteiger partial charge < -0.3 is 14.2 Å². The summed E-state index contributed by atoms with van der Waals surface area (Å²) in [6.07, 6.45) is 4.69. The Kier molecular flexibility index (Phi) is 8.21. The maximum Gasteiger partial charge on any atom is 0.199 e. The van der Waals surface area contributed by atoms with Gasteiger partial charge in [0, 0.05) is 20.1 Å². The van der Waals surface area contributed by atoms with E-state index in [1.54, 1.807) is 30.3 Å². The molecule has 0 aromatic heterocycles. The monoisotopic (exact) mass is 482 g/mol. The van der Waals surface area contributed by atoms with E-state index in [0.717, 1.165) is 32.1 Å². The summed E-state index contributed by atoms with van der Waals surface area (Å²) in [6.45, 7) is 0. The van der Waals surface area contributed by atoms with Crippen LogP contribution in [0.25, 0.3) is 0 Å². The number of carbonyl (C=O) groups is 2. The predicted molar refractivity (Wildman–Crippen MR) is 125 cm³/mol. The molecule has 1 aliphatic carbocycles. The lowest BCUT2D eigenvalue weighted by Crippen LogP contribution is -2.21. The Morgan fingerprint density at radius 3 is 1.84 bits per heavy atom. The standard InChI is InChI=1S/C23H25Cl2O5P/c1-28-14-12-18(29-2)21(19(13-14)30-3)23(27)31(15-8-5-4-6-9-15)22(26)20-16(24)10-7-11-17(20)25/h7,10-13,15H,4-6,8-9H2,1-3H3. The van der Waals surface area contributed by atoms with E-state index in [4.69, 9.17) is 37.4 Å². The molecule has 8 heteroatoms. The van der Waals surface area contributed by atoms with Crippen molar-refractivity contribution in [2.24, 2.45) is 0 Å². The third kappa shape index (κ3) is 5.00. The van der Waals surface area contributed by atoms with Crippen LogP contribution in [-0.2, 0) is 0 Å². The van der Waals surface area contributed by atoms with Crippen molar-refractivity contribution in [2.75, 3.05) is 21.3 Å². The molecule has 1 saturated carbocycles. The topological polar surface area (TPSA) is 61.8 Å². The van der Waals surface area contributed by atoms with E-state index < -0.39 is 7.92 Å². The number of rotatable bonds is 8. The van der Waals surface area contributed by atoms with Gasteiger partial charge in [-0.25, -0.2) is 0 Å². The average molecular weight is 483 g/mol. The highest BCUT2D eigenvalue weighted by Crippen LogP contribution is 2.56. The van der Waals surface area contributed by atoms with Gasteiger partial charge in [-0.05, 0) is 30.6 Å². The van der Waals surface area contributed by atoms with Gasteiger partial charge in [0.25, 0.3) is 0 Å². The Morgan fingerprint density at radius 2 is 1.35 bits per heavy atom. The second-order valence-corrected chi connectivity index (χ2v) is 10.4. The first-order valence-electron chi connectivity index (χ1n) is 10.0. The predicted octanol–water partition coefficient (Wildman–Crippen LogP) is 6.81. The lowest BCUT2D eigenvalue weighted by Gasteiger charge is -2.29. The van der Waals surface area contributed by atoms with E-state index in [0.29, 0.717) is 17.2 Å². The number of carbonyl (C=O) groups excluding carboxylic acids is 2. The Hall–Kier alpha value is -1.81. The van der Waals surface area contributed by atoms with Gasteiger partial charge in [0.15, 0.2) is 11.0 Å². The van der Waals surface area contributed by atoms with Crippen LogP contribution in [0.5, 0.6) is 17.2 Å². The van der Waals surface area contributed by atoms with Crippen LogP contribution in [0.15, 0.2) is 30.3 Å². The van der Waals surface area contributed by atoms with Gasteiger partial charge >= 0.3 is 0 Å². The fourth-order valence-corrected chi connectivity index (χ4v) is 7.30. The average Bonchev–Trinajstić information content (AvgIpc) is 2.78. The van der Waals surface area contributed by atoms with Gasteiger partial charge in [-0.2, -0.15) is 0 Å². The smallest absolute Gasteiger partial charge is 0.199 e. The molecule has 3 rings (SSSR count). The molecule has 0 amide bonds. The molecule has 1 fully saturated rings. The molecule has 0 radical (unpaired) electrons. The summed E-state index contributed by atoms with van der Waals surface area (Å²) < 4.78 is 16.3. The number of benzene rings is 2. The van der Waals surface area contributed by atoms with Crippen LogP contribution < -0.4 is 14.2 Å². The first-order chi connectivity index (χ1) is 14.9. The number of hydrogen-bond acceptors (Lipinski definition) is 5. The summed E-state index contributed by atoms with van der Waals surface area (Å²) in [5, 5.41) is 0.504. The number of halogens is 2. The summed E-state index contributed by atoms with van der Waals surface area (Å²) in [4.78, 5) is 27.7. The second kappa shape index (κ2) is 10.7. The van der Waals surface area contributed by atoms with Crippen molar-refractivity contribution in [3.8, 4) is 17.2 Å². The largest absolute Gasteiger partial charge is 0.496 e. The van der Waals surface area contributed by atoms with Crippen molar-refractivity contribution >= 4 is 42.2 Å². The molecule has 1 aliphatic rings. The highest BCUT2D eigenvalue weighted by Gasteiger charge is 2.40. The van der Waals surface area contributed by atoms with Crippen LogP contribution in [0.1, 0.15) is 52.8 Å². The van der Waals surface area contributed by atoms with Crippen molar-refractivity contribution < 1.29 is 23.8 Å². The minimum Gasteiger partial charge on any atom is -0.496 e. The van der Waals surface area contributed by atoms with E-state index in [1.807, 2.05) is 0 Å². The molecule has 166 valence electrons. The Morgan fingerprint density at radius 1 is 0.839 bits per heavy atom. The molecule has 1 atom stereocenters. The minimum absolute atomic E-state index is 0.0485. The zero-order valence-corrected chi connectivity index (χ0v) is 20.2. The molecule has 5 nitrogen and oxygen atoms in total. The van der Waals surface area contributed by atoms with Crippen LogP contribution in [-0.4, -0.2) is 38.0 Å².